The molecule has 3 N–H and O–H groups in total. The molecule has 38 heavy (non-hydrogen) atoms. The number of benzene rings is 3. The molecule has 0 fully saturated rings. The summed E-state index contributed by atoms with van der Waals surface area (Å²) in [5.74, 6) is 1.28. The second-order valence-corrected chi connectivity index (χ2v) is 8.41. The molecule has 0 bridgehead atoms. The summed E-state index contributed by atoms with van der Waals surface area (Å²) in [6.45, 7) is 0.421. The fourth-order valence-electron chi connectivity index (χ4n) is 3.94. The van der Waals surface area contributed by atoms with Crippen molar-refractivity contribution >= 4 is 17.7 Å². The van der Waals surface area contributed by atoms with E-state index in [9.17, 15) is 4.79 Å². The van der Waals surface area contributed by atoms with Gasteiger partial charge in [0, 0.05) is 11.8 Å². The van der Waals surface area contributed by atoms with Crippen LogP contribution in [0.5, 0.6) is 11.5 Å². The number of carbonyl (C=O) groups is 1. The molecule has 0 saturated carbocycles. The van der Waals surface area contributed by atoms with Gasteiger partial charge in [0.1, 0.15) is 23.8 Å². The Kier molecular flexibility index (Phi) is 7.26. The molecule has 0 saturated heterocycles. The van der Waals surface area contributed by atoms with E-state index in [0.29, 0.717) is 35.1 Å². The van der Waals surface area contributed by atoms with Crippen LogP contribution in [0.2, 0.25) is 0 Å². The highest BCUT2D eigenvalue weighted by molar-refractivity contribution is 5.97. The van der Waals surface area contributed by atoms with Crippen LogP contribution >= 0.6 is 0 Å². The van der Waals surface area contributed by atoms with E-state index in [4.69, 9.17) is 19.7 Å². The maximum Gasteiger partial charge on any atom is 0.241 e. The molecule has 1 amide bonds. The molecular formula is C29H25N5O4. The lowest BCUT2D eigenvalue weighted by Crippen LogP contribution is -2.14. The molecule has 0 aliphatic carbocycles. The van der Waals surface area contributed by atoms with Crippen molar-refractivity contribution in [3.8, 4) is 34.0 Å². The first-order valence-electron chi connectivity index (χ1n) is 11.9. The lowest BCUT2D eigenvalue weighted by molar-refractivity contribution is -0.115. The topological polar surface area (TPSA) is 125 Å². The van der Waals surface area contributed by atoms with Crippen LogP contribution in [-0.4, -0.2) is 28.1 Å². The van der Waals surface area contributed by atoms with Crippen molar-refractivity contribution < 1.29 is 18.8 Å². The molecule has 9 nitrogen and oxygen atoms in total. The number of aromatic nitrogens is 3. The second-order valence-electron chi connectivity index (χ2n) is 8.41. The fraction of sp³-hybridized carbons (Fsp3) is 0.103. The number of nitrogens with zero attached hydrogens (tertiary/aromatic N) is 3. The predicted molar refractivity (Wildman–Crippen MR) is 143 cm³/mol. The highest BCUT2D eigenvalue weighted by Gasteiger charge is 2.23. The molecule has 2 heterocycles. The van der Waals surface area contributed by atoms with Gasteiger partial charge in [-0.25, -0.2) is 9.97 Å². The summed E-state index contributed by atoms with van der Waals surface area (Å²) in [7, 11) is 1.58. The molecule has 5 rings (SSSR count). The number of amides is 1. The minimum atomic E-state index is -0.288. The molecule has 2 aromatic heterocycles. The molecule has 0 aliphatic rings. The highest BCUT2D eigenvalue weighted by Crippen LogP contribution is 2.38. The van der Waals surface area contributed by atoms with Crippen LogP contribution in [0.15, 0.2) is 95.6 Å². The molecule has 0 radical (unpaired) electrons. The number of nitrogens with one attached hydrogen (secondary N) is 1. The van der Waals surface area contributed by atoms with Gasteiger partial charge in [-0.2, -0.15) is 0 Å². The third kappa shape index (κ3) is 5.79. The van der Waals surface area contributed by atoms with E-state index in [1.54, 1.807) is 19.2 Å². The van der Waals surface area contributed by atoms with E-state index >= 15 is 0 Å². The molecule has 190 valence electrons. The third-order valence-corrected chi connectivity index (χ3v) is 5.73. The van der Waals surface area contributed by atoms with Gasteiger partial charge in [-0.05, 0) is 41.5 Å². The number of carbonyl (C=O) groups excluding carboxylic acids is 1. The Balaban J connectivity index is 1.44. The first-order valence-corrected chi connectivity index (χ1v) is 11.9. The quantitative estimate of drug-likeness (QED) is 0.281. The van der Waals surface area contributed by atoms with Crippen LogP contribution in [0.25, 0.3) is 22.5 Å². The summed E-state index contributed by atoms with van der Waals surface area (Å²) in [6.07, 6.45) is 1.65. The van der Waals surface area contributed by atoms with Gasteiger partial charge in [0.05, 0.1) is 24.8 Å². The Bertz CT molecular complexity index is 1550. The van der Waals surface area contributed by atoms with Crippen molar-refractivity contribution in [2.75, 3.05) is 18.2 Å². The Morgan fingerprint density at radius 1 is 0.947 bits per heavy atom. The van der Waals surface area contributed by atoms with Gasteiger partial charge in [-0.3, -0.25) is 10.1 Å². The van der Waals surface area contributed by atoms with Crippen molar-refractivity contribution in [3.63, 3.8) is 0 Å². The minimum Gasteiger partial charge on any atom is -0.497 e. The number of nitrogens with two attached hydrogens (primary N) is 1. The van der Waals surface area contributed by atoms with E-state index in [0.717, 1.165) is 16.7 Å². The Morgan fingerprint density at radius 2 is 1.74 bits per heavy atom. The highest BCUT2D eigenvalue weighted by atomic mass is 16.5. The summed E-state index contributed by atoms with van der Waals surface area (Å²) in [5, 5.41) is 7.10. The normalized spacial score (nSPS) is 10.7. The Morgan fingerprint density at radius 3 is 2.55 bits per heavy atom. The van der Waals surface area contributed by atoms with Crippen LogP contribution in [-0.2, 0) is 17.8 Å². The number of rotatable bonds is 9. The fourth-order valence-corrected chi connectivity index (χ4v) is 3.94. The van der Waals surface area contributed by atoms with Gasteiger partial charge in [0.15, 0.2) is 0 Å². The zero-order valence-electron chi connectivity index (χ0n) is 20.6. The van der Waals surface area contributed by atoms with Crippen molar-refractivity contribution in [1.82, 2.24) is 15.1 Å². The average Bonchev–Trinajstić information content (AvgIpc) is 3.36. The van der Waals surface area contributed by atoms with Crippen LogP contribution < -0.4 is 20.5 Å². The molecule has 0 atom stereocenters. The van der Waals surface area contributed by atoms with Gasteiger partial charge in [0.2, 0.25) is 17.7 Å². The second kappa shape index (κ2) is 11.3. The number of anilines is 2. The van der Waals surface area contributed by atoms with Gasteiger partial charge in [-0.1, -0.05) is 59.8 Å². The van der Waals surface area contributed by atoms with E-state index in [1.165, 1.54) is 6.20 Å². The lowest BCUT2D eigenvalue weighted by Gasteiger charge is -2.09. The first-order chi connectivity index (χ1) is 18.6. The SMILES string of the molecule is COc1cccc(CC(=O)Nc2onc(-c3cccc(OCc4ccccc4)c3)c2-c2ccnc(N)n2)c1. The Labute approximate surface area is 219 Å². The number of hydrogen-bond donors (Lipinski definition) is 2. The zero-order valence-corrected chi connectivity index (χ0v) is 20.6. The standard InChI is InChI=1S/C29H25N5O4/c1-36-22-11-5-9-20(15-22)16-25(35)33-28-26(24-13-14-31-29(30)32-24)27(34-38-28)21-10-6-12-23(17-21)37-18-19-7-3-2-4-8-19/h2-15,17H,16,18H2,1H3,(H,33,35)(H2,30,31,32). The lowest BCUT2D eigenvalue weighted by atomic mass is 10.0. The number of ether oxygens (including phenoxy) is 2. The van der Waals surface area contributed by atoms with Crippen molar-refractivity contribution in [1.29, 1.82) is 0 Å². The summed E-state index contributed by atoms with van der Waals surface area (Å²) in [5.41, 5.74) is 9.85. The van der Waals surface area contributed by atoms with Crippen molar-refractivity contribution in [2.45, 2.75) is 13.0 Å². The van der Waals surface area contributed by atoms with E-state index in [-0.39, 0.29) is 24.2 Å². The maximum absolute atomic E-state index is 12.9. The number of methoxy groups -OCH3 is 1. The summed E-state index contributed by atoms with van der Waals surface area (Å²) >= 11 is 0. The molecule has 0 spiro atoms. The summed E-state index contributed by atoms with van der Waals surface area (Å²) < 4.78 is 16.9. The Hall–Kier alpha value is -5.18. The number of hydrogen-bond acceptors (Lipinski definition) is 8. The van der Waals surface area contributed by atoms with Crippen LogP contribution in [0.1, 0.15) is 11.1 Å². The molecule has 0 unspecified atom stereocenters. The largest absolute Gasteiger partial charge is 0.497 e. The molecule has 5 aromatic rings. The van der Waals surface area contributed by atoms with Gasteiger partial charge in [0.25, 0.3) is 0 Å². The van der Waals surface area contributed by atoms with E-state index in [1.807, 2.05) is 72.8 Å². The van der Waals surface area contributed by atoms with Crippen LogP contribution in [0.3, 0.4) is 0 Å². The minimum absolute atomic E-state index is 0.0863. The maximum atomic E-state index is 12.9. The molecule has 3 aromatic carbocycles. The summed E-state index contributed by atoms with van der Waals surface area (Å²) in [6, 6.07) is 26.3. The van der Waals surface area contributed by atoms with Crippen molar-refractivity contribution in [2.24, 2.45) is 0 Å². The zero-order chi connectivity index (χ0) is 26.3. The van der Waals surface area contributed by atoms with E-state index in [2.05, 4.69) is 20.4 Å². The van der Waals surface area contributed by atoms with Crippen molar-refractivity contribution in [3.05, 3.63) is 102 Å². The predicted octanol–water partition coefficient (Wildman–Crippen LogP) is 5.15. The smallest absolute Gasteiger partial charge is 0.241 e. The molecular weight excluding hydrogens is 482 g/mol. The molecule has 9 heteroatoms. The monoisotopic (exact) mass is 507 g/mol. The van der Waals surface area contributed by atoms with Gasteiger partial charge >= 0.3 is 0 Å². The molecule has 0 aliphatic heterocycles. The van der Waals surface area contributed by atoms with Crippen LogP contribution in [0, 0.1) is 0 Å². The average molecular weight is 508 g/mol. The van der Waals surface area contributed by atoms with Gasteiger partial charge in [-0.15, -0.1) is 0 Å². The summed E-state index contributed by atoms with van der Waals surface area (Å²) in [4.78, 5) is 21.3. The van der Waals surface area contributed by atoms with Gasteiger partial charge < -0.3 is 19.7 Å². The number of nitrogen functional groups attached to an aromatic ring is 1. The third-order valence-electron chi connectivity index (χ3n) is 5.73. The van der Waals surface area contributed by atoms with E-state index < -0.39 is 0 Å². The first kappa shape index (κ1) is 24.5. The van der Waals surface area contributed by atoms with Crippen LogP contribution in [0.4, 0.5) is 11.8 Å².